The van der Waals surface area contributed by atoms with Crippen LogP contribution in [-0.4, -0.2) is 6.54 Å². The molecular weight excluding hydrogens is 134 g/mol. The van der Waals surface area contributed by atoms with E-state index in [1.54, 1.807) is 0 Å². The van der Waals surface area contributed by atoms with Crippen LogP contribution in [0, 0.1) is 29.6 Å². The summed E-state index contributed by atoms with van der Waals surface area (Å²) in [6.07, 6.45) is 6.12. The van der Waals surface area contributed by atoms with Crippen molar-refractivity contribution in [2.45, 2.75) is 25.7 Å². The molecule has 4 bridgehead atoms. The van der Waals surface area contributed by atoms with Gasteiger partial charge >= 0.3 is 0 Å². The lowest BCUT2D eigenvalue weighted by atomic mass is 9.72. The van der Waals surface area contributed by atoms with Gasteiger partial charge in [-0.3, -0.25) is 0 Å². The molecule has 0 amide bonds. The van der Waals surface area contributed by atoms with E-state index in [2.05, 4.69) is 0 Å². The van der Waals surface area contributed by atoms with Gasteiger partial charge in [-0.15, -0.1) is 0 Å². The summed E-state index contributed by atoms with van der Waals surface area (Å²) in [6.45, 7) is 0.967. The van der Waals surface area contributed by atoms with E-state index in [4.69, 9.17) is 5.73 Å². The van der Waals surface area contributed by atoms with Gasteiger partial charge < -0.3 is 5.73 Å². The molecule has 4 aliphatic rings. The predicted octanol–water partition coefficient (Wildman–Crippen LogP) is 1.63. The first-order valence-electron chi connectivity index (χ1n) is 5.08. The summed E-state index contributed by atoms with van der Waals surface area (Å²) in [5.74, 6) is 5.27. The van der Waals surface area contributed by atoms with Crippen molar-refractivity contribution >= 4 is 0 Å². The smallest absolute Gasteiger partial charge is 0.00436 e. The largest absolute Gasteiger partial charge is 0.330 e. The summed E-state index contributed by atoms with van der Waals surface area (Å²) in [5.41, 5.74) is 5.80. The summed E-state index contributed by atoms with van der Waals surface area (Å²) in [4.78, 5) is 0. The topological polar surface area (TPSA) is 26.0 Å². The van der Waals surface area contributed by atoms with Crippen LogP contribution in [0.15, 0.2) is 0 Å². The maximum Gasteiger partial charge on any atom is -0.00436 e. The van der Waals surface area contributed by atoms with Gasteiger partial charge in [0.25, 0.3) is 0 Å². The Balaban J connectivity index is 1.90. The second-order valence-corrected chi connectivity index (χ2v) is 4.88. The molecular formula is C10H17N. The molecule has 0 aromatic rings. The van der Waals surface area contributed by atoms with E-state index < -0.39 is 0 Å². The van der Waals surface area contributed by atoms with Crippen LogP contribution in [0.3, 0.4) is 0 Å². The Hall–Kier alpha value is -0.0400. The molecule has 0 aliphatic heterocycles. The van der Waals surface area contributed by atoms with Crippen molar-refractivity contribution in [3.05, 3.63) is 0 Å². The molecule has 0 heterocycles. The standard InChI is InChI=1S/C10H17N/c11-5-10-8-1-6-2-9(10)4-7(6)3-8/h6-10H,1-5,11H2. The van der Waals surface area contributed by atoms with Crippen molar-refractivity contribution in [2.24, 2.45) is 35.3 Å². The third kappa shape index (κ3) is 0.703. The van der Waals surface area contributed by atoms with Crippen LogP contribution in [0.1, 0.15) is 25.7 Å². The van der Waals surface area contributed by atoms with E-state index in [-0.39, 0.29) is 0 Å². The molecule has 4 fully saturated rings. The zero-order chi connectivity index (χ0) is 7.42. The van der Waals surface area contributed by atoms with Crippen molar-refractivity contribution in [2.75, 3.05) is 6.54 Å². The van der Waals surface area contributed by atoms with Gasteiger partial charge in [-0.05, 0) is 61.8 Å². The average Bonchev–Trinajstić information content (AvgIpc) is 2.43. The summed E-state index contributed by atoms with van der Waals surface area (Å²) < 4.78 is 0. The highest BCUT2D eigenvalue weighted by molar-refractivity contribution is 5.02. The van der Waals surface area contributed by atoms with Gasteiger partial charge in [0.1, 0.15) is 0 Å². The Morgan fingerprint density at radius 3 is 1.64 bits per heavy atom. The minimum Gasteiger partial charge on any atom is -0.330 e. The molecule has 4 aliphatic carbocycles. The van der Waals surface area contributed by atoms with E-state index in [0.29, 0.717) is 0 Å². The third-order valence-corrected chi connectivity index (χ3v) is 4.57. The molecule has 0 saturated heterocycles. The molecule has 0 unspecified atom stereocenters. The van der Waals surface area contributed by atoms with Gasteiger partial charge in [-0.2, -0.15) is 0 Å². The monoisotopic (exact) mass is 151 g/mol. The van der Waals surface area contributed by atoms with Crippen LogP contribution in [0.25, 0.3) is 0 Å². The van der Waals surface area contributed by atoms with Crippen LogP contribution in [0.5, 0.6) is 0 Å². The Kier molecular flexibility index (Phi) is 1.18. The van der Waals surface area contributed by atoms with Crippen molar-refractivity contribution < 1.29 is 0 Å². The first-order valence-corrected chi connectivity index (χ1v) is 5.08. The highest BCUT2D eigenvalue weighted by Crippen LogP contribution is 2.60. The molecule has 0 aromatic heterocycles. The van der Waals surface area contributed by atoms with E-state index in [0.717, 1.165) is 36.1 Å². The van der Waals surface area contributed by atoms with Crippen LogP contribution >= 0.6 is 0 Å². The summed E-state index contributed by atoms with van der Waals surface area (Å²) in [6, 6.07) is 0. The van der Waals surface area contributed by atoms with Crippen molar-refractivity contribution in [1.82, 2.24) is 0 Å². The molecule has 0 spiro atoms. The van der Waals surface area contributed by atoms with E-state index in [1.807, 2.05) is 0 Å². The van der Waals surface area contributed by atoms with Gasteiger partial charge in [0.05, 0.1) is 0 Å². The van der Waals surface area contributed by atoms with Crippen molar-refractivity contribution in [3.8, 4) is 0 Å². The fraction of sp³-hybridized carbons (Fsp3) is 1.00. The Bertz CT molecular complexity index is 148. The SMILES string of the molecule is NCC1C2CC3CC1CC3C2. The lowest BCUT2D eigenvalue weighted by molar-refractivity contribution is 0.164. The fourth-order valence-corrected chi connectivity index (χ4v) is 4.18. The number of nitrogens with two attached hydrogens (primary N) is 1. The zero-order valence-electron chi connectivity index (χ0n) is 7.00. The molecule has 0 aromatic carbocycles. The van der Waals surface area contributed by atoms with E-state index in [9.17, 15) is 0 Å². The Labute approximate surface area is 68.3 Å². The molecule has 4 rings (SSSR count). The van der Waals surface area contributed by atoms with Crippen LogP contribution in [0.2, 0.25) is 0 Å². The Morgan fingerprint density at radius 1 is 0.818 bits per heavy atom. The second-order valence-electron chi connectivity index (χ2n) is 4.88. The third-order valence-electron chi connectivity index (χ3n) is 4.57. The molecule has 1 heteroatoms. The molecule has 4 saturated carbocycles. The maximum absolute atomic E-state index is 5.80. The summed E-state index contributed by atoms with van der Waals surface area (Å²) in [5, 5.41) is 0. The van der Waals surface area contributed by atoms with Crippen molar-refractivity contribution in [1.29, 1.82) is 0 Å². The first kappa shape index (κ1) is 6.47. The molecule has 62 valence electrons. The minimum atomic E-state index is 0.921. The fourth-order valence-electron chi connectivity index (χ4n) is 4.18. The molecule has 2 N–H and O–H groups in total. The normalized spacial score (nSPS) is 59.2. The van der Waals surface area contributed by atoms with Crippen LogP contribution in [0.4, 0.5) is 0 Å². The summed E-state index contributed by atoms with van der Waals surface area (Å²) >= 11 is 0. The highest BCUT2D eigenvalue weighted by Gasteiger charge is 2.52. The van der Waals surface area contributed by atoms with Gasteiger partial charge in [-0.1, -0.05) is 0 Å². The van der Waals surface area contributed by atoms with Crippen molar-refractivity contribution in [3.63, 3.8) is 0 Å². The van der Waals surface area contributed by atoms with Crippen LogP contribution in [-0.2, 0) is 0 Å². The van der Waals surface area contributed by atoms with E-state index in [1.165, 1.54) is 25.7 Å². The predicted molar refractivity (Wildman–Crippen MR) is 45.0 cm³/mol. The lowest BCUT2D eigenvalue weighted by Gasteiger charge is -2.34. The second kappa shape index (κ2) is 2.01. The number of hydrogen-bond donors (Lipinski definition) is 1. The molecule has 1 nitrogen and oxygen atoms in total. The maximum atomic E-state index is 5.80. The van der Waals surface area contributed by atoms with E-state index >= 15 is 0 Å². The lowest BCUT2D eigenvalue weighted by Crippen LogP contribution is -2.33. The molecule has 11 heavy (non-hydrogen) atoms. The highest BCUT2D eigenvalue weighted by atomic mass is 14.6. The first-order chi connectivity index (χ1) is 5.38. The quantitative estimate of drug-likeness (QED) is 0.605. The Morgan fingerprint density at radius 2 is 1.27 bits per heavy atom. The molecule has 0 atom stereocenters. The number of hydrogen-bond acceptors (Lipinski definition) is 1. The zero-order valence-corrected chi connectivity index (χ0v) is 7.00. The van der Waals surface area contributed by atoms with Crippen LogP contribution < -0.4 is 5.73 Å². The van der Waals surface area contributed by atoms with Gasteiger partial charge in [0.15, 0.2) is 0 Å². The van der Waals surface area contributed by atoms with Gasteiger partial charge in [0.2, 0.25) is 0 Å². The summed E-state index contributed by atoms with van der Waals surface area (Å²) in [7, 11) is 0. The van der Waals surface area contributed by atoms with Gasteiger partial charge in [0, 0.05) is 0 Å². The van der Waals surface area contributed by atoms with Gasteiger partial charge in [-0.25, -0.2) is 0 Å². The number of rotatable bonds is 1. The molecule has 0 radical (unpaired) electrons. The minimum absolute atomic E-state index is 0.921. The average molecular weight is 151 g/mol.